The molecule has 0 aromatic heterocycles. The van der Waals surface area contributed by atoms with Gasteiger partial charge in [-0.1, -0.05) is 12.0 Å². The van der Waals surface area contributed by atoms with Crippen LogP contribution in [0.3, 0.4) is 0 Å². The molecule has 0 aromatic carbocycles. The minimum atomic E-state index is -2.79. The second-order valence-corrected chi connectivity index (χ2v) is 5.83. The van der Waals surface area contributed by atoms with Gasteiger partial charge in [-0.3, -0.25) is 0 Å². The Kier molecular flexibility index (Phi) is 12.3. The van der Waals surface area contributed by atoms with Gasteiger partial charge in [-0.05, 0) is 22.4 Å². The zero-order valence-corrected chi connectivity index (χ0v) is 12.2. The van der Waals surface area contributed by atoms with Gasteiger partial charge in [0, 0.05) is 26.2 Å². The van der Waals surface area contributed by atoms with Gasteiger partial charge in [0.25, 0.3) is 0 Å². The van der Waals surface area contributed by atoms with Gasteiger partial charge in [0.05, 0.1) is 0 Å². The highest BCUT2D eigenvalue weighted by Crippen LogP contribution is 2.17. The Labute approximate surface area is 104 Å². The second kappa shape index (κ2) is 11.4. The Morgan fingerprint density at radius 3 is 1.76 bits per heavy atom. The van der Waals surface area contributed by atoms with Crippen LogP contribution in [0.1, 0.15) is 13.3 Å². The predicted molar refractivity (Wildman–Crippen MR) is 64.9 cm³/mol. The smallest absolute Gasteiger partial charge is 0.377 e. The Bertz CT molecular complexity index is 279. The molecule has 0 spiro atoms. The van der Waals surface area contributed by atoms with Crippen molar-refractivity contribution in [3.05, 3.63) is 20.9 Å². The Balaban J connectivity index is 0. The third kappa shape index (κ3) is 6.29. The van der Waals surface area contributed by atoms with Gasteiger partial charge in [-0.2, -0.15) is 0 Å². The van der Waals surface area contributed by atoms with Crippen molar-refractivity contribution in [1.29, 1.82) is 0 Å². The standard InChI is InChI=1S/C6H15N3O3Si.N3Si/c1-5-6(8-9-7)13(10-2,11-3)12-4;1-2-3-4/h6H,5H2,1-4H3;. The van der Waals surface area contributed by atoms with Crippen LogP contribution >= 0.6 is 0 Å². The van der Waals surface area contributed by atoms with Gasteiger partial charge in [0.1, 0.15) is 16.1 Å². The van der Waals surface area contributed by atoms with Gasteiger partial charge in [0.15, 0.2) is 0 Å². The lowest BCUT2D eigenvalue weighted by atomic mass is 10.5. The topological polar surface area (TPSA) is 125 Å². The van der Waals surface area contributed by atoms with Crippen molar-refractivity contribution in [2.75, 3.05) is 21.3 Å². The number of rotatable bonds is 6. The molecule has 0 saturated carbocycles. The summed E-state index contributed by atoms with van der Waals surface area (Å²) in [6.45, 7) is 1.89. The molecule has 1 unspecified atom stereocenters. The van der Waals surface area contributed by atoms with Gasteiger partial charge < -0.3 is 13.3 Å². The third-order valence-corrected chi connectivity index (χ3v) is 5.02. The van der Waals surface area contributed by atoms with Crippen molar-refractivity contribution < 1.29 is 13.3 Å². The second-order valence-electron chi connectivity index (χ2n) is 2.53. The molecule has 0 amide bonds. The van der Waals surface area contributed by atoms with E-state index in [1.807, 2.05) is 6.92 Å². The van der Waals surface area contributed by atoms with E-state index in [0.29, 0.717) is 6.42 Å². The lowest BCUT2D eigenvalue weighted by Gasteiger charge is -2.28. The molecule has 0 fully saturated rings. The fraction of sp³-hybridized carbons (Fsp3) is 1.00. The average Bonchev–Trinajstić information content (AvgIpc) is 2.40. The van der Waals surface area contributed by atoms with Crippen LogP contribution in [0.2, 0.25) is 0 Å². The number of nitrogens with zero attached hydrogens (tertiary/aromatic N) is 6. The molecular formula is C6H15N6O3Si2. The van der Waals surface area contributed by atoms with Crippen LogP contribution in [0.4, 0.5) is 0 Å². The molecule has 0 aliphatic rings. The zero-order chi connectivity index (χ0) is 13.7. The Morgan fingerprint density at radius 2 is 1.59 bits per heavy atom. The van der Waals surface area contributed by atoms with Gasteiger partial charge >= 0.3 is 8.80 Å². The van der Waals surface area contributed by atoms with E-state index in [0.717, 1.165) is 0 Å². The molecule has 0 rings (SSSR count). The summed E-state index contributed by atoms with van der Waals surface area (Å²) >= 11 is 0. The molecule has 17 heavy (non-hydrogen) atoms. The summed E-state index contributed by atoms with van der Waals surface area (Å²) in [6, 6.07) is 0. The highest BCUT2D eigenvalue weighted by molar-refractivity contribution is 6.62. The molecule has 0 aromatic rings. The number of hydrogen-bond donors (Lipinski definition) is 0. The molecule has 95 valence electrons. The lowest BCUT2D eigenvalue weighted by molar-refractivity contribution is 0.112. The quantitative estimate of drug-likeness (QED) is 0.318. The van der Waals surface area contributed by atoms with Gasteiger partial charge in [-0.25, -0.2) is 0 Å². The minimum Gasteiger partial charge on any atom is -0.377 e. The first kappa shape index (κ1) is 18.3. The highest BCUT2D eigenvalue weighted by atomic mass is 28.4. The van der Waals surface area contributed by atoms with Crippen molar-refractivity contribution in [3.63, 3.8) is 0 Å². The highest BCUT2D eigenvalue weighted by Gasteiger charge is 2.45. The number of azide groups is 2. The summed E-state index contributed by atoms with van der Waals surface area (Å²) in [5.74, 6) is 0. The Hall–Kier alpha value is -1.07. The molecule has 3 radical (unpaired) electrons. The first-order valence-corrected chi connectivity index (χ1v) is 6.77. The molecular weight excluding hydrogens is 260 g/mol. The van der Waals surface area contributed by atoms with Crippen molar-refractivity contribution in [2.24, 2.45) is 9.89 Å². The molecule has 9 nitrogen and oxygen atoms in total. The largest absolute Gasteiger partial charge is 0.509 e. The van der Waals surface area contributed by atoms with E-state index >= 15 is 0 Å². The number of hydrogen-bond acceptors (Lipinski definition) is 5. The molecule has 11 heteroatoms. The molecule has 0 saturated heterocycles. The maximum atomic E-state index is 8.33. The van der Waals surface area contributed by atoms with E-state index < -0.39 is 8.80 Å². The first-order chi connectivity index (χ1) is 8.12. The van der Waals surface area contributed by atoms with E-state index in [4.69, 9.17) is 24.3 Å². The van der Waals surface area contributed by atoms with Crippen LogP contribution in [0.5, 0.6) is 0 Å². The first-order valence-electron chi connectivity index (χ1n) is 4.52. The minimum absolute atomic E-state index is 0.363. The van der Waals surface area contributed by atoms with Crippen LogP contribution in [0.25, 0.3) is 20.9 Å². The van der Waals surface area contributed by atoms with Crippen molar-refractivity contribution in [2.45, 2.75) is 19.0 Å². The SMILES string of the molecule is CCC(N=[N+]=[N-])[Si](OC)(OC)OC.[N-]=[N+]=N[Si]. The van der Waals surface area contributed by atoms with Gasteiger partial charge in [0.2, 0.25) is 0 Å². The maximum absolute atomic E-state index is 8.33. The van der Waals surface area contributed by atoms with Crippen molar-refractivity contribution in [1.82, 2.24) is 0 Å². The average molecular weight is 275 g/mol. The van der Waals surface area contributed by atoms with E-state index in [1.54, 1.807) is 0 Å². The van der Waals surface area contributed by atoms with Crippen LogP contribution in [-0.4, -0.2) is 46.2 Å². The van der Waals surface area contributed by atoms with E-state index in [9.17, 15) is 0 Å². The van der Waals surface area contributed by atoms with Crippen LogP contribution in [0, 0.1) is 0 Å². The maximum Gasteiger partial charge on any atom is 0.509 e. The van der Waals surface area contributed by atoms with Gasteiger partial charge in [-0.15, -0.1) is 4.78 Å². The van der Waals surface area contributed by atoms with Crippen molar-refractivity contribution >= 4 is 19.2 Å². The summed E-state index contributed by atoms with van der Waals surface area (Å²) in [4.78, 5) is 5.01. The molecule has 0 aliphatic heterocycles. The van der Waals surface area contributed by atoms with Crippen LogP contribution < -0.4 is 0 Å². The predicted octanol–water partition coefficient (Wildman–Crippen LogP) is 1.87. The van der Waals surface area contributed by atoms with Crippen molar-refractivity contribution in [3.8, 4) is 0 Å². The Morgan fingerprint density at radius 1 is 1.18 bits per heavy atom. The third-order valence-electron chi connectivity index (χ3n) is 1.88. The van der Waals surface area contributed by atoms with E-state index in [2.05, 4.69) is 30.1 Å². The van der Waals surface area contributed by atoms with Crippen LogP contribution in [-0.2, 0) is 13.3 Å². The fourth-order valence-electron chi connectivity index (χ4n) is 1.12. The van der Waals surface area contributed by atoms with Crippen LogP contribution in [0.15, 0.2) is 9.89 Å². The molecule has 0 N–H and O–H groups in total. The fourth-order valence-corrected chi connectivity index (χ4v) is 3.13. The summed E-state index contributed by atoms with van der Waals surface area (Å²) in [6.07, 6.45) is 0.631. The zero-order valence-electron chi connectivity index (χ0n) is 10.2. The molecule has 1 atom stereocenters. The lowest BCUT2D eigenvalue weighted by Crippen LogP contribution is -2.53. The van der Waals surface area contributed by atoms with E-state index in [-0.39, 0.29) is 5.67 Å². The monoisotopic (exact) mass is 275 g/mol. The summed E-state index contributed by atoms with van der Waals surface area (Å²) in [5.41, 5.74) is 15.3. The summed E-state index contributed by atoms with van der Waals surface area (Å²) in [7, 11) is 4.19. The van der Waals surface area contributed by atoms with E-state index in [1.165, 1.54) is 21.3 Å². The summed E-state index contributed by atoms with van der Waals surface area (Å²) in [5, 5.41) is 3.59. The summed E-state index contributed by atoms with van der Waals surface area (Å²) < 4.78 is 18.2. The normalized spacial score (nSPS) is 11.4. The molecule has 0 bridgehead atoms. The molecule has 0 aliphatic carbocycles. The molecule has 0 heterocycles.